The molecule has 2 unspecified atom stereocenters. The van der Waals surface area contributed by atoms with E-state index in [2.05, 4.69) is 37.6 Å². The topological polar surface area (TPSA) is 101 Å². The van der Waals surface area contributed by atoms with Gasteiger partial charge in [0.05, 0.1) is 17.8 Å². The zero-order valence-corrected chi connectivity index (χ0v) is 17.4. The SMILES string of the molecule is Cc1ccc(Nc2ncc(C#N)c(NCC3CCCN4CCCCC34)n2)cc1C#N. The van der Waals surface area contributed by atoms with Gasteiger partial charge in [-0.3, -0.25) is 0 Å². The molecule has 1 aromatic carbocycles. The summed E-state index contributed by atoms with van der Waals surface area (Å²) in [4.78, 5) is 11.5. The molecule has 7 heteroatoms. The van der Waals surface area contributed by atoms with Gasteiger partial charge in [0.25, 0.3) is 0 Å². The summed E-state index contributed by atoms with van der Waals surface area (Å²) in [7, 11) is 0. The number of nitrogens with one attached hydrogen (secondary N) is 2. The van der Waals surface area contributed by atoms with E-state index in [-0.39, 0.29) is 0 Å². The summed E-state index contributed by atoms with van der Waals surface area (Å²) in [5.74, 6) is 1.55. The number of hydrogen-bond donors (Lipinski definition) is 2. The highest BCUT2D eigenvalue weighted by atomic mass is 15.2. The molecular formula is C23H27N7. The molecule has 2 saturated heterocycles. The molecule has 0 spiro atoms. The Balaban J connectivity index is 1.48. The highest BCUT2D eigenvalue weighted by molar-refractivity contribution is 5.61. The van der Waals surface area contributed by atoms with Crippen molar-refractivity contribution in [2.24, 2.45) is 5.92 Å². The van der Waals surface area contributed by atoms with E-state index in [9.17, 15) is 10.5 Å². The summed E-state index contributed by atoms with van der Waals surface area (Å²) in [5, 5.41) is 25.3. The minimum Gasteiger partial charge on any atom is -0.368 e. The first-order chi connectivity index (χ1) is 14.7. The van der Waals surface area contributed by atoms with Crippen LogP contribution >= 0.6 is 0 Å². The van der Waals surface area contributed by atoms with Crippen LogP contribution in [0, 0.1) is 35.5 Å². The average Bonchev–Trinajstić information content (AvgIpc) is 2.79. The molecule has 2 N–H and O–H groups in total. The van der Waals surface area contributed by atoms with Gasteiger partial charge in [0.15, 0.2) is 0 Å². The molecule has 2 aliphatic rings. The van der Waals surface area contributed by atoms with E-state index in [1.807, 2.05) is 19.1 Å². The summed E-state index contributed by atoms with van der Waals surface area (Å²) in [6, 6.07) is 10.6. The maximum atomic E-state index is 9.49. The van der Waals surface area contributed by atoms with Gasteiger partial charge in [-0.05, 0) is 69.3 Å². The predicted octanol–water partition coefficient (Wildman–Crippen LogP) is 3.95. The average molecular weight is 402 g/mol. The van der Waals surface area contributed by atoms with Gasteiger partial charge in [-0.2, -0.15) is 15.5 Å². The summed E-state index contributed by atoms with van der Waals surface area (Å²) < 4.78 is 0. The van der Waals surface area contributed by atoms with Gasteiger partial charge in [0, 0.05) is 18.3 Å². The first-order valence-corrected chi connectivity index (χ1v) is 10.7. The number of piperidine rings is 2. The highest BCUT2D eigenvalue weighted by Crippen LogP contribution is 2.31. The molecule has 2 aliphatic heterocycles. The fraction of sp³-hybridized carbons (Fsp3) is 0.478. The number of aryl methyl sites for hydroxylation is 1. The van der Waals surface area contributed by atoms with Crippen molar-refractivity contribution in [3.8, 4) is 12.1 Å². The minimum atomic E-state index is 0.409. The van der Waals surface area contributed by atoms with Crippen molar-refractivity contribution in [1.82, 2.24) is 14.9 Å². The van der Waals surface area contributed by atoms with Crippen LogP contribution in [0.3, 0.4) is 0 Å². The number of fused-ring (bicyclic) bond motifs is 1. The van der Waals surface area contributed by atoms with E-state index < -0.39 is 0 Å². The summed E-state index contributed by atoms with van der Waals surface area (Å²) in [6.45, 7) is 5.15. The Morgan fingerprint density at radius 1 is 1.10 bits per heavy atom. The van der Waals surface area contributed by atoms with Crippen molar-refractivity contribution < 1.29 is 0 Å². The van der Waals surface area contributed by atoms with Crippen LogP contribution in [0.1, 0.15) is 48.8 Å². The number of benzene rings is 1. The van der Waals surface area contributed by atoms with E-state index in [1.54, 1.807) is 12.3 Å². The summed E-state index contributed by atoms with van der Waals surface area (Å²) in [6.07, 6.45) is 7.88. The van der Waals surface area contributed by atoms with Crippen LogP contribution in [-0.4, -0.2) is 40.5 Å². The number of hydrogen-bond acceptors (Lipinski definition) is 7. The Morgan fingerprint density at radius 2 is 1.93 bits per heavy atom. The second-order valence-electron chi connectivity index (χ2n) is 8.22. The molecule has 0 amide bonds. The lowest BCUT2D eigenvalue weighted by Gasteiger charge is -2.44. The quantitative estimate of drug-likeness (QED) is 0.782. The first-order valence-electron chi connectivity index (χ1n) is 10.7. The van der Waals surface area contributed by atoms with Crippen LogP contribution in [-0.2, 0) is 0 Å². The van der Waals surface area contributed by atoms with Gasteiger partial charge in [-0.1, -0.05) is 12.5 Å². The lowest BCUT2D eigenvalue weighted by Crippen LogP contribution is -2.49. The molecule has 2 aromatic rings. The largest absolute Gasteiger partial charge is 0.368 e. The number of anilines is 3. The van der Waals surface area contributed by atoms with Gasteiger partial charge >= 0.3 is 0 Å². The molecule has 0 aliphatic carbocycles. The molecule has 1 aromatic heterocycles. The number of rotatable bonds is 5. The minimum absolute atomic E-state index is 0.409. The fourth-order valence-electron chi connectivity index (χ4n) is 4.65. The molecule has 4 rings (SSSR count). The third-order valence-electron chi connectivity index (χ3n) is 6.28. The van der Waals surface area contributed by atoms with Crippen molar-refractivity contribution in [2.45, 2.75) is 45.1 Å². The predicted molar refractivity (Wildman–Crippen MR) is 116 cm³/mol. The van der Waals surface area contributed by atoms with E-state index >= 15 is 0 Å². The maximum absolute atomic E-state index is 9.49. The molecule has 3 heterocycles. The Kier molecular flexibility index (Phi) is 6.11. The Bertz CT molecular complexity index is 986. The van der Waals surface area contributed by atoms with Crippen molar-refractivity contribution >= 4 is 17.5 Å². The van der Waals surface area contributed by atoms with Gasteiger partial charge < -0.3 is 15.5 Å². The third-order valence-corrected chi connectivity index (χ3v) is 6.28. The van der Waals surface area contributed by atoms with Crippen molar-refractivity contribution in [3.63, 3.8) is 0 Å². The smallest absolute Gasteiger partial charge is 0.229 e. The lowest BCUT2D eigenvalue weighted by atomic mass is 9.83. The van der Waals surface area contributed by atoms with E-state index in [4.69, 9.17) is 0 Å². The van der Waals surface area contributed by atoms with Gasteiger partial charge in [0.2, 0.25) is 5.95 Å². The van der Waals surface area contributed by atoms with Crippen LogP contribution in [0.2, 0.25) is 0 Å². The van der Waals surface area contributed by atoms with Crippen molar-refractivity contribution in [1.29, 1.82) is 10.5 Å². The Labute approximate surface area is 177 Å². The molecule has 2 atom stereocenters. The Hall–Kier alpha value is -3.16. The lowest BCUT2D eigenvalue weighted by molar-refractivity contribution is 0.0649. The molecule has 30 heavy (non-hydrogen) atoms. The molecular weight excluding hydrogens is 374 g/mol. The molecule has 0 radical (unpaired) electrons. The van der Waals surface area contributed by atoms with E-state index in [0.29, 0.717) is 34.9 Å². The van der Waals surface area contributed by atoms with E-state index in [0.717, 1.165) is 17.8 Å². The zero-order chi connectivity index (χ0) is 20.9. The Morgan fingerprint density at radius 3 is 2.77 bits per heavy atom. The third kappa shape index (κ3) is 4.37. The second kappa shape index (κ2) is 9.11. The maximum Gasteiger partial charge on any atom is 0.229 e. The molecule has 154 valence electrons. The second-order valence-corrected chi connectivity index (χ2v) is 8.22. The van der Waals surface area contributed by atoms with Gasteiger partial charge in [-0.15, -0.1) is 0 Å². The van der Waals surface area contributed by atoms with Crippen molar-refractivity contribution in [3.05, 3.63) is 41.1 Å². The molecule has 0 bridgehead atoms. The summed E-state index contributed by atoms with van der Waals surface area (Å²) in [5.41, 5.74) is 2.73. The normalized spacial score (nSPS) is 21.2. The standard InChI is InChI=1S/C23H27N7/c1-16-7-8-20(11-18(16)12-24)28-23-27-15-19(13-25)22(29-23)26-14-17-5-4-10-30-9-3-2-6-21(17)30/h7-8,11,15,17,21H,2-6,9-10,14H2,1H3,(H2,26,27,28,29). The zero-order valence-electron chi connectivity index (χ0n) is 17.4. The van der Waals surface area contributed by atoms with Crippen molar-refractivity contribution in [2.75, 3.05) is 30.3 Å². The molecule has 2 fully saturated rings. The van der Waals surface area contributed by atoms with Crippen LogP contribution in [0.5, 0.6) is 0 Å². The van der Waals surface area contributed by atoms with E-state index in [1.165, 1.54) is 45.2 Å². The molecule has 7 nitrogen and oxygen atoms in total. The number of nitriles is 2. The number of nitrogens with zero attached hydrogens (tertiary/aromatic N) is 5. The van der Waals surface area contributed by atoms with Crippen LogP contribution in [0.25, 0.3) is 0 Å². The number of aromatic nitrogens is 2. The molecule has 0 saturated carbocycles. The highest BCUT2D eigenvalue weighted by Gasteiger charge is 2.32. The van der Waals surface area contributed by atoms with Gasteiger partial charge in [0.1, 0.15) is 17.5 Å². The first kappa shape index (κ1) is 20.1. The fourth-order valence-corrected chi connectivity index (χ4v) is 4.65. The summed E-state index contributed by atoms with van der Waals surface area (Å²) >= 11 is 0. The monoisotopic (exact) mass is 401 g/mol. The van der Waals surface area contributed by atoms with Crippen LogP contribution < -0.4 is 10.6 Å². The van der Waals surface area contributed by atoms with Gasteiger partial charge in [-0.25, -0.2) is 4.98 Å². The van der Waals surface area contributed by atoms with Crippen LogP contribution in [0.15, 0.2) is 24.4 Å². The van der Waals surface area contributed by atoms with Crippen LogP contribution in [0.4, 0.5) is 17.5 Å².